The van der Waals surface area contributed by atoms with Crippen molar-refractivity contribution in [1.29, 1.82) is 0 Å². The number of ether oxygens (including phenoxy) is 1. The van der Waals surface area contributed by atoms with Crippen molar-refractivity contribution in [3.8, 4) is 23.8 Å². The fourth-order valence-corrected chi connectivity index (χ4v) is 1.53. The van der Waals surface area contributed by atoms with Crippen molar-refractivity contribution >= 4 is 0 Å². The molecular weight excluding hydrogens is 208 g/mol. The Hall–Kier alpha value is -2.20. The molecule has 0 spiro atoms. The molecule has 0 saturated heterocycles. The Bertz CT molecular complexity index is 535. The van der Waals surface area contributed by atoms with E-state index in [0.29, 0.717) is 0 Å². The number of hydrogen-bond acceptors (Lipinski definition) is 1. The van der Waals surface area contributed by atoms with Crippen molar-refractivity contribution in [1.82, 2.24) is 0 Å². The van der Waals surface area contributed by atoms with E-state index < -0.39 is 0 Å². The zero-order valence-electron chi connectivity index (χ0n) is 9.68. The van der Waals surface area contributed by atoms with Gasteiger partial charge in [-0.2, -0.15) is 0 Å². The molecule has 0 saturated carbocycles. The number of aryl methyl sites for hydroxylation is 1. The van der Waals surface area contributed by atoms with E-state index in [1.807, 2.05) is 55.5 Å². The molecule has 0 aromatic heterocycles. The Morgan fingerprint density at radius 2 is 1.88 bits per heavy atom. The lowest BCUT2D eigenvalue weighted by Crippen LogP contribution is -1.89. The van der Waals surface area contributed by atoms with Gasteiger partial charge in [0.25, 0.3) is 0 Å². The summed E-state index contributed by atoms with van der Waals surface area (Å²) in [5.74, 6) is 4.17. The zero-order chi connectivity index (χ0) is 12.1. The first-order chi connectivity index (χ1) is 8.29. The summed E-state index contributed by atoms with van der Waals surface area (Å²) in [5, 5.41) is 0. The van der Waals surface area contributed by atoms with E-state index in [0.717, 1.165) is 22.6 Å². The minimum absolute atomic E-state index is 0.827. The molecule has 2 aromatic carbocycles. The molecule has 0 unspecified atom stereocenters. The van der Waals surface area contributed by atoms with Gasteiger partial charge in [-0.1, -0.05) is 36.3 Å². The lowest BCUT2D eigenvalue weighted by atomic mass is 10.1. The van der Waals surface area contributed by atoms with Gasteiger partial charge in [-0.05, 0) is 36.2 Å². The van der Waals surface area contributed by atoms with Crippen LogP contribution in [-0.2, 0) is 0 Å². The molecule has 0 atom stereocenters. The number of rotatable bonds is 3. The Morgan fingerprint density at radius 1 is 1.12 bits per heavy atom. The first-order valence-corrected chi connectivity index (χ1v) is 5.42. The van der Waals surface area contributed by atoms with Crippen LogP contribution in [0.25, 0.3) is 0 Å². The van der Waals surface area contributed by atoms with Gasteiger partial charge in [0.05, 0.1) is 6.42 Å². The number of terminal acetylenes is 1. The Labute approximate surface area is 102 Å². The van der Waals surface area contributed by atoms with E-state index >= 15 is 0 Å². The summed E-state index contributed by atoms with van der Waals surface area (Å²) in [6, 6.07) is 15.6. The SMILES string of the molecule is C#C[CH]c1ccc(C)c(Oc2ccccc2)c1. The van der Waals surface area contributed by atoms with E-state index in [1.54, 1.807) is 6.42 Å². The van der Waals surface area contributed by atoms with Gasteiger partial charge in [-0.25, -0.2) is 0 Å². The van der Waals surface area contributed by atoms with E-state index in [4.69, 9.17) is 11.2 Å². The highest BCUT2D eigenvalue weighted by Crippen LogP contribution is 2.26. The van der Waals surface area contributed by atoms with Crippen LogP contribution in [0.5, 0.6) is 11.5 Å². The first-order valence-electron chi connectivity index (χ1n) is 5.42. The van der Waals surface area contributed by atoms with Gasteiger partial charge < -0.3 is 4.74 Å². The van der Waals surface area contributed by atoms with Crippen molar-refractivity contribution in [3.05, 3.63) is 66.1 Å². The van der Waals surface area contributed by atoms with Crippen molar-refractivity contribution in [2.75, 3.05) is 0 Å². The third kappa shape index (κ3) is 2.89. The fraction of sp³-hybridized carbons (Fsp3) is 0.0625. The van der Waals surface area contributed by atoms with Crippen molar-refractivity contribution in [2.24, 2.45) is 0 Å². The van der Waals surface area contributed by atoms with Crippen LogP contribution in [-0.4, -0.2) is 0 Å². The molecular formula is C16H13O. The summed E-state index contributed by atoms with van der Waals surface area (Å²) in [7, 11) is 0. The fourth-order valence-electron chi connectivity index (χ4n) is 1.53. The average molecular weight is 221 g/mol. The molecule has 0 aliphatic carbocycles. The lowest BCUT2D eigenvalue weighted by Gasteiger charge is -2.09. The number of benzene rings is 2. The molecule has 1 nitrogen and oxygen atoms in total. The van der Waals surface area contributed by atoms with Gasteiger partial charge in [0, 0.05) is 0 Å². The van der Waals surface area contributed by atoms with E-state index in [9.17, 15) is 0 Å². The summed E-state index contributed by atoms with van der Waals surface area (Å²) in [6.07, 6.45) is 6.97. The second-order valence-corrected chi connectivity index (χ2v) is 3.75. The summed E-state index contributed by atoms with van der Waals surface area (Å²) < 4.78 is 5.81. The Balaban J connectivity index is 2.26. The second-order valence-electron chi connectivity index (χ2n) is 3.75. The summed E-state index contributed by atoms with van der Waals surface area (Å²) in [5.41, 5.74) is 2.06. The molecule has 0 aliphatic rings. The normalized spacial score (nSPS) is 9.65. The molecule has 83 valence electrons. The highest BCUT2D eigenvalue weighted by molar-refractivity contribution is 5.44. The summed E-state index contributed by atoms with van der Waals surface area (Å²) in [6.45, 7) is 2.01. The predicted octanol–water partition coefficient (Wildman–Crippen LogP) is 3.97. The van der Waals surface area contributed by atoms with Crippen LogP contribution in [0.2, 0.25) is 0 Å². The molecule has 0 bridgehead atoms. The lowest BCUT2D eigenvalue weighted by molar-refractivity contribution is 0.478. The average Bonchev–Trinajstić information content (AvgIpc) is 2.35. The smallest absolute Gasteiger partial charge is 0.130 e. The molecule has 1 radical (unpaired) electrons. The highest BCUT2D eigenvalue weighted by atomic mass is 16.5. The molecule has 0 heterocycles. The standard InChI is InChI=1S/C16H13O/c1-3-7-14-11-10-13(2)16(12-14)17-15-8-5-4-6-9-15/h1,4-12H,2H3. The molecule has 17 heavy (non-hydrogen) atoms. The van der Waals surface area contributed by atoms with Crippen molar-refractivity contribution in [3.63, 3.8) is 0 Å². The van der Waals surface area contributed by atoms with E-state index in [2.05, 4.69) is 5.92 Å². The first kappa shape index (κ1) is 11.3. The molecule has 1 heteroatoms. The molecule has 2 rings (SSSR count). The summed E-state index contributed by atoms with van der Waals surface area (Å²) >= 11 is 0. The van der Waals surface area contributed by atoms with Gasteiger partial charge in [0.15, 0.2) is 0 Å². The van der Waals surface area contributed by atoms with Crippen LogP contribution in [0.1, 0.15) is 11.1 Å². The second kappa shape index (κ2) is 5.23. The van der Waals surface area contributed by atoms with Gasteiger partial charge in [0.1, 0.15) is 11.5 Å². The van der Waals surface area contributed by atoms with Crippen molar-refractivity contribution < 1.29 is 4.74 Å². The largest absolute Gasteiger partial charge is 0.457 e. The van der Waals surface area contributed by atoms with Crippen molar-refractivity contribution in [2.45, 2.75) is 6.92 Å². The van der Waals surface area contributed by atoms with Crippen LogP contribution in [0.4, 0.5) is 0 Å². The third-order valence-electron chi connectivity index (χ3n) is 2.43. The van der Waals surface area contributed by atoms with Crippen LogP contribution in [0.15, 0.2) is 48.5 Å². The van der Waals surface area contributed by atoms with Crippen LogP contribution in [0.3, 0.4) is 0 Å². The van der Waals surface area contributed by atoms with Gasteiger partial charge in [-0.3, -0.25) is 0 Å². The van der Waals surface area contributed by atoms with Gasteiger partial charge in [-0.15, -0.1) is 6.42 Å². The summed E-state index contributed by atoms with van der Waals surface area (Å²) in [4.78, 5) is 0. The van der Waals surface area contributed by atoms with Crippen LogP contribution < -0.4 is 4.74 Å². The topological polar surface area (TPSA) is 9.23 Å². The minimum atomic E-state index is 0.827. The maximum atomic E-state index is 5.81. The predicted molar refractivity (Wildman–Crippen MR) is 69.9 cm³/mol. The Kier molecular flexibility index (Phi) is 3.47. The van der Waals surface area contributed by atoms with E-state index in [1.165, 1.54) is 0 Å². The van der Waals surface area contributed by atoms with Gasteiger partial charge >= 0.3 is 0 Å². The molecule has 0 N–H and O–H groups in total. The van der Waals surface area contributed by atoms with E-state index in [-0.39, 0.29) is 0 Å². The third-order valence-corrected chi connectivity index (χ3v) is 2.43. The van der Waals surface area contributed by atoms with Gasteiger partial charge in [0.2, 0.25) is 0 Å². The molecule has 2 aromatic rings. The molecule has 0 aliphatic heterocycles. The highest BCUT2D eigenvalue weighted by Gasteiger charge is 2.02. The Morgan fingerprint density at radius 3 is 2.59 bits per heavy atom. The van der Waals surface area contributed by atoms with Crippen LogP contribution >= 0.6 is 0 Å². The number of hydrogen-bond donors (Lipinski definition) is 0. The zero-order valence-corrected chi connectivity index (χ0v) is 9.68. The maximum Gasteiger partial charge on any atom is 0.130 e. The van der Waals surface area contributed by atoms with Crippen LogP contribution in [0, 0.1) is 25.7 Å². The molecule has 0 fully saturated rings. The minimum Gasteiger partial charge on any atom is -0.457 e. The number of para-hydroxylation sites is 1. The maximum absolute atomic E-state index is 5.81. The molecule has 0 amide bonds. The monoisotopic (exact) mass is 221 g/mol. The quantitative estimate of drug-likeness (QED) is 0.712.